The van der Waals surface area contributed by atoms with Crippen molar-refractivity contribution in [1.82, 2.24) is 15.1 Å². The molecule has 0 aromatic heterocycles. The summed E-state index contributed by atoms with van der Waals surface area (Å²) >= 11 is 0. The first kappa shape index (κ1) is 21.4. The molecular formula is C23H33N3O3. The normalized spacial score (nSPS) is 16.4. The fourth-order valence-corrected chi connectivity index (χ4v) is 3.47. The summed E-state index contributed by atoms with van der Waals surface area (Å²) in [6.45, 7) is 8.77. The molecule has 0 spiro atoms. The molecule has 0 aliphatic carbocycles. The Kier molecular flexibility index (Phi) is 7.75. The molecule has 1 N–H and O–H groups in total. The standard InChI is InChI=1S/C23H33N3O3/c1-18(26-11-9-25(2)10-12-26)16-24-17-19-5-7-20(8-6-19)29-23-14-21(27-3)13-22(15-23)28-4/h5-8,13-15,18,24H,9-12,16-17H2,1-4H3. The molecule has 2 aromatic rings. The molecule has 1 fully saturated rings. The van der Waals surface area contributed by atoms with Crippen LogP contribution in [0.1, 0.15) is 12.5 Å². The SMILES string of the molecule is COc1cc(OC)cc(Oc2ccc(CNCC(C)N3CCN(C)CC3)cc2)c1. The summed E-state index contributed by atoms with van der Waals surface area (Å²) in [5.74, 6) is 2.88. The van der Waals surface area contributed by atoms with Gasteiger partial charge >= 0.3 is 0 Å². The average molecular weight is 400 g/mol. The maximum atomic E-state index is 5.96. The minimum absolute atomic E-state index is 0.550. The number of benzene rings is 2. The van der Waals surface area contributed by atoms with E-state index in [2.05, 4.69) is 41.2 Å². The highest BCUT2D eigenvalue weighted by atomic mass is 16.5. The number of hydrogen-bond donors (Lipinski definition) is 1. The van der Waals surface area contributed by atoms with Crippen LogP contribution in [0.5, 0.6) is 23.0 Å². The summed E-state index contributed by atoms with van der Waals surface area (Å²) in [5, 5.41) is 3.58. The lowest BCUT2D eigenvalue weighted by molar-refractivity contribution is 0.118. The first-order valence-corrected chi connectivity index (χ1v) is 10.2. The van der Waals surface area contributed by atoms with Crippen LogP contribution in [0.25, 0.3) is 0 Å². The number of nitrogens with zero attached hydrogens (tertiary/aromatic N) is 2. The lowest BCUT2D eigenvalue weighted by Gasteiger charge is -2.36. The number of piperazine rings is 1. The first-order valence-electron chi connectivity index (χ1n) is 10.2. The van der Waals surface area contributed by atoms with Gasteiger partial charge in [0, 0.05) is 63.5 Å². The number of rotatable bonds is 9. The molecule has 1 saturated heterocycles. The number of methoxy groups -OCH3 is 2. The highest BCUT2D eigenvalue weighted by molar-refractivity contribution is 5.44. The van der Waals surface area contributed by atoms with Crippen molar-refractivity contribution in [3.05, 3.63) is 48.0 Å². The lowest BCUT2D eigenvalue weighted by atomic mass is 10.2. The van der Waals surface area contributed by atoms with Crippen molar-refractivity contribution in [2.75, 3.05) is 54.0 Å². The van der Waals surface area contributed by atoms with Gasteiger partial charge in [0.2, 0.25) is 0 Å². The van der Waals surface area contributed by atoms with Crippen LogP contribution in [-0.4, -0.2) is 69.8 Å². The smallest absolute Gasteiger partial charge is 0.134 e. The second-order valence-corrected chi connectivity index (χ2v) is 7.61. The van der Waals surface area contributed by atoms with Gasteiger partial charge in [-0.3, -0.25) is 4.90 Å². The largest absolute Gasteiger partial charge is 0.496 e. The molecule has 0 bridgehead atoms. The Balaban J connectivity index is 1.48. The Bertz CT molecular complexity index is 736. The fourth-order valence-electron chi connectivity index (χ4n) is 3.47. The van der Waals surface area contributed by atoms with E-state index in [1.165, 1.54) is 5.56 Å². The van der Waals surface area contributed by atoms with Gasteiger partial charge in [0.05, 0.1) is 14.2 Å². The van der Waals surface area contributed by atoms with Crippen LogP contribution >= 0.6 is 0 Å². The highest BCUT2D eigenvalue weighted by Gasteiger charge is 2.18. The number of likely N-dealkylation sites (N-methyl/N-ethyl adjacent to an activating group) is 1. The second-order valence-electron chi connectivity index (χ2n) is 7.61. The van der Waals surface area contributed by atoms with Gasteiger partial charge in [-0.05, 0) is 31.7 Å². The van der Waals surface area contributed by atoms with Crippen LogP contribution in [0.4, 0.5) is 0 Å². The molecule has 1 atom stereocenters. The highest BCUT2D eigenvalue weighted by Crippen LogP contribution is 2.30. The Morgan fingerprint density at radius 1 is 0.862 bits per heavy atom. The van der Waals surface area contributed by atoms with Crippen molar-refractivity contribution in [3.8, 4) is 23.0 Å². The predicted molar refractivity (Wildman–Crippen MR) is 116 cm³/mol. The molecule has 158 valence electrons. The molecule has 1 heterocycles. The van der Waals surface area contributed by atoms with Gasteiger partial charge in [0.1, 0.15) is 23.0 Å². The van der Waals surface area contributed by atoms with Gasteiger partial charge in [-0.25, -0.2) is 0 Å². The molecule has 0 saturated carbocycles. The molecule has 6 nitrogen and oxygen atoms in total. The minimum atomic E-state index is 0.550. The van der Waals surface area contributed by atoms with Crippen LogP contribution in [0.3, 0.4) is 0 Å². The zero-order valence-corrected chi connectivity index (χ0v) is 18.0. The topological polar surface area (TPSA) is 46.2 Å². The molecule has 1 aliphatic rings. The van der Waals surface area contributed by atoms with E-state index in [1.807, 2.05) is 30.3 Å². The van der Waals surface area contributed by atoms with E-state index >= 15 is 0 Å². The third kappa shape index (κ3) is 6.35. The molecule has 2 aromatic carbocycles. The van der Waals surface area contributed by atoms with Crippen molar-refractivity contribution in [2.24, 2.45) is 0 Å². The molecule has 6 heteroatoms. The Morgan fingerprint density at radius 2 is 1.45 bits per heavy atom. The Morgan fingerprint density at radius 3 is 2.03 bits per heavy atom. The third-order valence-electron chi connectivity index (χ3n) is 5.41. The maximum absolute atomic E-state index is 5.96. The molecule has 3 rings (SSSR count). The molecular weight excluding hydrogens is 366 g/mol. The zero-order chi connectivity index (χ0) is 20.6. The minimum Gasteiger partial charge on any atom is -0.496 e. The van der Waals surface area contributed by atoms with Gasteiger partial charge in [0.25, 0.3) is 0 Å². The average Bonchev–Trinajstić information content (AvgIpc) is 2.75. The fraction of sp³-hybridized carbons (Fsp3) is 0.478. The lowest BCUT2D eigenvalue weighted by Crippen LogP contribution is -2.50. The van der Waals surface area contributed by atoms with Crippen LogP contribution in [-0.2, 0) is 6.54 Å². The summed E-state index contributed by atoms with van der Waals surface area (Å²) in [4.78, 5) is 4.95. The number of hydrogen-bond acceptors (Lipinski definition) is 6. The van der Waals surface area contributed by atoms with E-state index in [-0.39, 0.29) is 0 Å². The van der Waals surface area contributed by atoms with Crippen LogP contribution in [0.2, 0.25) is 0 Å². The van der Waals surface area contributed by atoms with Crippen molar-refractivity contribution >= 4 is 0 Å². The van der Waals surface area contributed by atoms with Crippen molar-refractivity contribution in [3.63, 3.8) is 0 Å². The summed E-state index contributed by atoms with van der Waals surface area (Å²) in [6.07, 6.45) is 0. The monoisotopic (exact) mass is 399 g/mol. The number of ether oxygens (including phenoxy) is 3. The number of nitrogens with one attached hydrogen (secondary N) is 1. The summed E-state index contributed by atoms with van der Waals surface area (Å²) < 4.78 is 16.5. The third-order valence-corrected chi connectivity index (χ3v) is 5.41. The van der Waals surface area contributed by atoms with E-state index in [4.69, 9.17) is 14.2 Å². The Labute approximate surface area is 174 Å². The zero-order valence-electron chi connectivity index (χ0n) is 18.0. The van der Waals surface area contributed by atoms with Gasteiger partial charge < -0.3 is 24.4 Å². The van der Waals surface area contributed by atoms with E-state index in [1.54, 1.807) is 14.2 Å². The van der Waals surface area contributed by atoms with Crippen molar-refractivity contribution in [2.45, 2.75) is 19.5 Å². The van der Waals surface area contributed by atoms with Crippen molar-refractivity contribution in [1.29, 1.82) is 0 Å². The van der Waals surface area contributed by atoms with Crippen LogP contribution < -0.4 is 19.5 Å². The van der Waals surface area contributed by atoms with Gasteiger partial charge in [-0.1, -0.05) is 12.1 Å². The predicted octanol–water partition coefficient (Wildman–Crippen LogP) is 3.22. The van der Waals surface area contributed by atoms with E-state index in [9.17, 15) is 0 Å². The molecule has 29 heavy (non-hydrogen) atoms. The van der Waals surface area contributed by atoms with Gasteiger partial charge in [-0.2, -0.15) is 0 Å². The summed E-state index contributed by atoms with van der Waals surface area (Å²) in [6, 6.07) is 14.2. The van der Waals surface area contributed by atoms with Crippen molar-refractivity contribution < 1.29 is 14.2 Å². The quantitative estimate of drug-likeness (QED) is 0.699. The summed E-state index contributed by atoms with van der Waals surface area (Å²) in [7, 11) is 5.45. The summed E-state index contributed by atoms with van der Waals surface area (Å²) in [5.41, 5.74) is 1.24. The Hall–Kier alpha value is -2.28. The van der Waals surface area contributed by atoms with Crippen LogP contribution in [0, 0.1) is 0 Å². The second kappa shape index (κ2) is 10.5. The van der Waals surface area contributed by atoms with Gasteiger partial charge in [-0.15, -0.1) is 0 Å². The maximum Gasteiger partial charge on any atom is 0.134 e. The first-order chi connectivity index (χ1) is 14.1. The molecule has 0 radical (unpaired) electrons. The van der Waals surface area contributed by atoms with Gasteiger partial charge in [0.15, 0.2) is 0 Å². The van der Waals surface area contributed by atoms with E-state index < -0.39 is 0 Å². The van der Waals surface area contributed by atoms with E-state index in [0.717, 1.165) is 45.0 Å². The molecule has 1 aliphatic heterocycles. The van der Waals surface area contributed by atoms with E-state index in [0.29, 0.717) is 23.3 Å². The van der Waals surface area contributed by atoms with Crippen LogP contribution in [0.15, 0.2) is 42.5 Å². The molecule has 0 amide bonds. The molecule has 1 unspecified atom stereocenters.